The lowest BCUT2D eigenvalue weighted by Crippen LogP contribution is -2.42. The van der Waals surface area contributed by atoms with Gasteiger partial charge in [-0.15, -0.1) is 10.2 Å². The average Bonchev–Trinajstić information content (AvgIpc) is 3.24. The van der Waals surface area contributed by atoms with Crippen LogP contribution >= 0.6 is 34.7 Å². The van der Waals surface area contributed by atoms with Crippen molar-refractivity contribution in [2.75, 3.05) is 17.8 Å². The van der Waals surface area contributed by atoms with Crippen molar-refractivity contribution in [3.8, 4) is 6.07 Å². The fourth-order valence-electron chi connectivity index (χ4n) is 4.28. The maximum absolute atomic E-state index is 13.5. The molecule has 1 aromatic heterocycles. The monoisotopic (exact) mass is 515 g/mol. The van der Waals surface area contributed by atoms with E-state index in [-0.39, 0.29) is 34.3 Å². The Labute approximate surface area is 210 Å². The fraction of sp³-hybridized carbons (Fsp3) is 0.348. The van der Waals surface area contributed by atoms with E-state index >= 15 is 0 Å². The van der Waals surface area contributed by atoms with Gasteiger partial charge in [-0.25, -0.2) is 0 Å². The number of methoxy groups -OCH3 is 1. The first kappa shape index (κ1) is 24.3. The molecule has 0 saturated heterocycles. The third-order valence-corrected chi connectivity index (χ3v) is 7.94. The summed E-state index contributed by atoms with van der Waals surface area (Å²) < 4.78 is 5.23. The van der Waals surface area contributed by atoms with E-state index in [1.807, 2.05) is 19.9 Å². The van der Waals surface area contributed by atoms with Crippen LogP contribution in [0.4, 0.5) is 5.13 Å². The Bertz CT molecular complexity index is 1280. The number of benzene rings is 1. The molecule has 2 aromatic rings. The van der Waals surface area contributed by atoms with Crippen molar-refractivity contribution in [1.82, 2.24) is 10.2 Å². The molecule has 0 radical (unpaired) electrons. The van der Waals surface area contributed by atoms with Gasteiger partial charge in [0.25, 0.3) is 0 Å². The number of thioether (sulfide) groups is 1. The van der Waals surface area contributed by atoms with Crippen molar-refractivity contribution in [3.63, 3.8) is 0 Å². The number of Topliss-reactive ketones (excluding diaryl/α,β-unsaturated/α-hetero) is 1. The highest BCUT2D eigenvalue weighted by Gasteiger charge is 2.45. The predicted octanol–water partition coefficient (Wildman–Crippen LogP) is 4.40. The molecule has 1 aliphatic carbocycles. The molecule has 1 aromatic carbocycles. The molecular formula is C23H22ClN5O3S2. The Morgan fingerprint density at radius 3 is 2.85 bits per heavy atom. The van der Waals surface area contributed by atoms with Gasteiger partial charge in [-0.05, 0) is 29.5 Å². The van der Waals surface area contributed by atoms with Gasteiger partial charge in [-0.3, -0.25) is 14.5 Å². The molecule has 4 rings (SSSR count). The lowest BCUT2D eigenvalue weighted by Gasteiger charge is -2.42. The molecule has 1 unspecified atom stereocenters. The molecule has 1 aliphatic heterocycles. The lowest BCUT2D eigenvalue weighted by atomic mass is 9.69. The molecule has 0 bridgehead atoms. The summed E-state index contributed by atoms with van der Waals surface area (Å²) in [4.78, 5) is 26.7. The third-order valence-electron chi connectivity index (χ3n) is 5.69. The Kier molecular flexibility index (Phi) is 6.71. The molecule has 0 amide bonds. The second kappa shape index (κ2) is 9.41. The first-order chi connectivity index (χ1) is 16.1. The zero-order valence-electron chi connectivity index (χ0n) is 18.8. The number of nitrogens with zero attached hydrogens (tertiary/aromatic N) is 4. The standard InChI is InChI=1S/C23H22ClN5O3S2/c1-23(2)8-15-19(16(30)9-23)18(12-5-4-6-13(24)7-12)14(10-25)20(26)29(15)21-27-28-22(34-21)33-11-17(31)32-3/h4-7,18H,8-9,11,26H2,1-3H3. The van der Waals surface area contributed by atoms with Gasteiger partial charge in [0.05, 0.1) is 30.4 Å². The number of ketones is 1. The summed E-state index contributed by atoms with van der Waals surface area (Å²) in [6, 6.07) is 9.37. The van der Waals surface area contributed by atoms with Gasteiger partial charge in [0.2, 0.25) is 5.13 Å². The number of esters is 1. The number of ether oxygens (including phenoxy) is 1. The summed E-state index contributed by atoms with van der Waals surface area (Å²) >= 11 is 8.68. The van der Waals surface area contributed by atoms with Crippen LogP contribution in [0.3, 0.4) is 0 Å². The minimum absolute atomic E-state index is 0.0359. The Hall–Kier alpha value is -2.87. The lowest BCUT2D eigenvalue weighted by molar-refractivity contribution is -0.137. The fourth-order valence-corrected chi connectivity index (χ4v) is 6.19. The Balaban J connectivity index is 1.85. The van der Waals surface area contributed by atoms with Gasteiger partial charge in [-0.1, -0.05) is 60.7 Å². The van der Waals surface area contributed by atoms with Crippen LogP contribution in [0.1, 0.15) is 38.2 Å². The number of carbonyl (C=O) groups is 2. The smallest absolute Gasteiger partial charge is 0.316 e. The van der Waals surface area contributed by atoms with Gasteiger partial charge in [0.1, 0.15) is 5.82 Å². The van der Waals surface area contributed by atoms with Gasteiger partial charge in [0, 0.05) is 22.7 Å². The first-order valence-corrected chi connectivity index (χ1v) is 12.6. The van der Waals surface area contributed by atoms with Gasteiger partial charge >= 0.3 is 5.97 Å². The normalized spacial score (nSPS) is 19.7. The van der Waals surface area contributed by atoms with Crippen LogP contribution < -0.4 is 10.6 Å². The summed E-state index contributed by atoms with van der Waals surface area (Å²) in [7, 11) is 1.32. The van der Waals surface area contributed by atoms with Crippen LogP contribution in [0, 0.1) is 16.7 Å². The second-order valence-corrected chi connectivity index (χ2v) is 11.4. The van der Waals surface area contributed by atoms with Crippen molar-refractivity contribution in [1.29, 1.82) is 5.26 Å². The molecule has 0 fully saturated rings. The van der Waals surface area contributed by atoms with Gasteiger partial charge in [0.15, 0.2) is 10.1 Å². The van der Waals surface area contributed by atoms with E-state index in [9.17, 15) is 14.9 Å². The van der Waals surface area contributed by atoms with Crippen molar-refractivity contribution in [3.05, 3.63) is 57.5 Å². The summed E-state index contributed by atoms with van der Waals surface area (Å²) in [6.07, 6.45) is 0.917. The largest absolute Gasteiger partial charge is 0.468 e. The molecule has 1 atom stereocenters. The summed E-state index contributed by atoms with van der Waals surface area (Å²) in [5, 5.41) is 19.5. The zero-order valence-corrected chi connectivity index (χ0v) is 21.2. The van der Waals surface area contributed by atoms with Crippen LogP contribution in [0.5, 0.6) is 0 Å². The van der Waals surface area contributed by atoms with Crippen LogP contribution in [0.15, 0.2) is 51.3 Å². The number of allylic oxidation sites excluding steroid dienone is 3. The average molecular weight is 516 g/mol. The minimum Gasteiger partial charge on any atom is -0.468 e. The van der Waals surface area contributed by atoms with Crippen molar-refractivity contribution in [2.45, 2.75) is 36.9 Å². The number of hydrogen-bond acceptors (Lipinski definition) is 10. The molecule has 11 heteroatoms. The SMILES string of the molecule is COC(=O)CSc1nnc(N2C(N)=C(C#N)C(c3cccc(Cl)c3)C3=C2CC(C)(C)CC3=O)s1. The van der Waals surface area contributed by atoms with Crippen molar-refractivity contribution < 1.29 is 14.3 Å². The topological polar surface area (TPSA) is 122 Å². The van der Waals surface area contributed by atoms with Gasteiger partial charge < -0.3 is 10.5 Å². The van der Waals surface area contributed by atoms with E-state index in [2.05, 4.69) is 21.0 Å². The van der Waals surface area contributed by atoms with Crippen LogP contribution in [0.25, 0.3) is 0 Å². The highest BCUT2D eigenvalue weighted by atomic mass is 35.5. The number of carbonyl (C=O) groups excluding carboxylic acids is 2. The van der Waals surface area contributed by atoms with E-state index in [1.54, 1.807) is 23.1 Å². The molecule has 176 valence electrons. The molecule has 0 spiro atoms. The third kappa shape index (κ3) is 4.56. The van der Waals surface area contributed by atoms with Crippen molar-refractivity contribution >= 4 is 51.6 Å². The van der Waals surface area contributed by atoms with Crippen molar-refractivity contribution in [2.24, 2.45) is 11.1 Å². The summed E-state index contributed by atoms with van der Waals surface area (Å²) in [6.45, 7) is 4.05. The molecule has 0 saturated carbocycles. The van der Waals surface area contributed by atoms with Crippen LogP contribution in [-0.2, 0) is 14.3 Å². The maximum atomic E-state index is 13.5. The number of halogens is 1. The minimum atomic E-state index is -0.611. The number of aromatic nitrogens is 2. The molecule has 2 heterocycles. The second-order valence-electron chi connectivity index (χ2n) is 8.75. The Morgan fingerprint density at radius 2 is 2.18 bits per heavy atom. The Morgan fingerprint density at radius 1 is 1.41 bits per heavy atom. The molecule has 34 heavy (non-hydrogen) atoms. The molecule has 2 aliphatic rings. The maximum Gasteiger partial charge on any atom is 0.316 e. The van der Waals surface area contributed by atoms with E-state index in [0.29, 0.717) is 38.6 Å². The van der Waals surface area contributed by atoms with Crippen LogP contribution in [-0.4, -0.2) is 34.8 Å². The highest BCUT2D eigenvalue weighted by Crippen LogP contribution is 2.50. The highest BCUT2D eigenvalue weighted by molar-refractivity contribution is 8.01. The number of anilines is 1. The quantitative estimate of drug-likeness (QED) is 0.456. The molecule has 8 nitrogen and oxygen atoms in total. The number of nitriles is 1. The summed E-state index contributed by atoms with van der Waals surface area (Å²) in [5.74, 6) is -0.723. The van der Waals surface area contributed by atoms with Gasteiger partial charge in [-0.2, -0.15) is 5.26 Å². The molecule has 2 N–H and O–H groups in total. The number of nitrogens with two attached hydrogens (primary N) is 1. The van der Waals surface area contributed by atoms with E-state index in [0.717, 1.165) is 5.56 Å². The van der Waals surface area contributed by atoms with Crippen LogP contribution in [0.2, 0.25) is 5.02 Å². The zero-order chi connectivity index (χ0) is 24.6. The van der Waals surface area contributed by atoms with E-state index in [4.69, 9.17) is 17.3 Å². The predicted molar refractivity (Wildman–Crippen MR) is 131 cm³/mol. The first-order valence-electron chi connectivity index (χ1n) is 10.4. The van der Waals surface area contributed by atoms with E-state index < -0.39 is 5.92 Å². The molecular weight excluding hydrogens is 494 g/mol. The summed E-state index contributed by atoms with van der Waals surface area (Å²) in [5.41, 5.74) is 8.52. The number of hydrogen-bond donors (Lipinski definition) is 1. The van der Waals surface area contributed by atoms with E-state index in [1.165, 1.54) is 30.2 Å². The number of rotatable bonds is 5.